The molecule has 0 aromatic carbocycles. The van der Waals surface area contributed by atoms with E-state index in [2.05, 4.69) is 10.1 Å². The molecule has 0 spiro atoms. The molecule has 4 atom stereocenters. The first-order chi connectivity index (χ1) is 11.3. The van der Waals surface area contributed by atoms with Gasteiger partial charge in [-0.2, -0.15) is 0 Å². The average Bonchev–Trinajstić information content (AvgIpc) is 3.01. The van der Waals surface area contributed by atoms with Gasteiger partial charge in [0, 0.05) is 20.8 Å². The zero-order chi connectivity index (χ0) is 17.9. The minimum Gasteiger partial charge on any atom is -0.463 e. The van der Waals surface area contributed by atoms with Crippen LogP contribution in [0.3, 0.4) is 0 Å². The Bertz CT molecular complexity index is 685. The summed E-state index contributed by atoms with van der Waals surface area (Å²) in [5, 5.41) is 2.75. The van der Waals surface area contributed by atoms with Crippen LogP contribution in [0.1, 0.15) is 27.0 Å². The number of H-pyrrole nitrogens is 1. The minimum atomic E-state index is -0.987. The van der Waals surface area contributed by atoms with Crippen molar-refractivity contribution in [3.63, 3.8) is 0 Å². The number of hydrogen-bond donors (Lipinski definition) is 1. The second kappa shape index (κ2) is 7.53. The van der Waals surface area contributed by atoms with Gasteiger partial charge in [0.2, 0.25) is 4.77 Å². The van der Waals surface area contributed by atoms with Crippen LogP contribution in [0.4, 0.5) is 0 Å². The van der Waals surface area contributed by atoms with E-state index in [0.29, 0.717) is 0 Å². The number of aromatic nitrogens is 3. The average molecular weight is 359 g/mol. The lowest BCUT2D eigenvalue weighted by Crippen LogP contribution is -2.40. The third-order valence-electron chi connectivity index (χ3n) is 3.17. The Morgan fingerprint density at radius 1 is 1.21 bits per heavy atom. The highest BCUT2D eigenvalue weighted by Crippen LogP contribution is 2.34. The van der Waals surface area contributed by atoms with Gasteiger partial charge in [0.25, 0.3) is 0 Å². The van der Waals surface area contributed by atoms with Crippen molar-refractivity contribution in [2.24, 2.45) is 0 Å². The smallest absolute Gasteiger partial charge is 0.303 e. The summed E-state index contributed by atoms with van der Waals surface area (Å²) in [6.07, 6.45) is -2.36. The maximum absolute atomic E-state index is 11.4. The number of aromatic amines is 1. The van der Waals surface area contributed by atoms with Crippen LogP contribution in [-0.4, -0.2) is 57.6 Å². The van der Waals surface area contributed by atoms with E-state index in [1.807, 2.05) is 0 Å². The fourth-order valence-corrected chi connectivity index (χ4v) is 2.56. The Kier molecular flexibility index (Phi) is 5.67. The molecule has 10 nitrogen and oxygen atoms in total. The van der Waals surface area contributed by atoms with Gasteiger partial charge < -0.3 is 18.9 Å². The molecule has 24 heavy (non-hydrogen) atoms. The molecule has 1 aromatic heterocycles. The molecular weight excluding hydrogens is 342 g/mol. The molecule has 0 amide bonds. The number of nitrogens with one attached hydrogen (secondary N) is 1. The van der Waals surface area contributed by atoms with Crippen molar-refractivity contribution < 1.29 is 33.3 Å². The molecular formula is C13H17N3O7S. The Labute approximate surface area is 142 Å². The van der Waals surface area contributed by atoms with Gasteiger partial charge >= 0.3 is 17.9 Å². The molecule has 2 rings (SSSR count). The molecule has 1 fully saturated rings. The highest BCUT2D eigenvalue weighted by atomic mass is 32.1. The predicted octanol–water partition coefficient (Wildman–Crippen LogP) is 0.265. The van der Waals surface area contributed by atoms with Crippen molar-refractivity contribution in [2.75, 3.05) is 6.61 Å². The fourth-order valence-electron chi connectivity index (χ4n) is 2.35. The Hall–Kier alpha value is -2.27. The first kappa shape index (κ1) is 18.1. The van der Waals surface area contributed by atoms with Crippen LogP contribution in [0, 0.1) is 4.77 Å². The van der Waals surface area contributed by atoms with E-state index in [1.165, 1.54) is 31.8 Å². The Morgan fingerprint density at radius 2 is 1.83 bits per heavy atom. The summed E-state index contributed by atoms with van der Waals surface area (Å²) in [5.74, 6) is -1.71. The maximum Gasteiger partial charge on any atom is 0.303 e. The normalized spacial score (nSPS) is 26.0. The molecule has 0 unspecified atom stereocenters. The summed E-state index contributed by atoms with van der Waals surface area (Å²) in [4.78, 5) is 37.8. The van der Waals surface area contributed by atoms with Crippen LogP contribution in [-0.2, 0) is 33.3 Å². The van der Waals surface area contributed by atoms with Crippen LogP contribution in [0.2, 0.25) is 0 Å². The van der Waals surface area contributed by atoms with Gasteiger partial charge in [-0.05, 0) is 12.2 Å². The summed E-state index contributed by atoms with van der Waals surface area (Å²) in [6.45, 7) is 3.49. The van der Waals surface area contributed by atoms with E-state index >= 15 is 0 Å². The van der Waals surface area contributed by atoms with Crippen LogP contribution in [0.25, 0.3) is 0 Å². The topological polar surface area (TPSA) is 122 Å². The molecule has 0 radical (unpaired) electrons. The number of nitrogens with zero attached hydrogens (tertiary/aromatic N) is 2. The van der Waals surface area contributed by atoms with Crippen LogP contribution < -0.4 is 0 Å². The molecule has 132 valence electrons. The monoisotopic (exact) mass is 359 g/mol. The van der Waals surface area contributed by atoms with Crippen molar-refractivity contribution in [2.45, 2.75) is 45.3 Å². The largest absolute Gasteiger partial charge is 0.463 e. The van der Waals surface area contributed by atoms with E-state index in [-0.39, 0.29) is 11.4 Å². The number of esters is 3. The maximum atomic E-state index is 11.4. The van der Waals surface area contributed by atoms with E-state index in [1.54, 1.807) is 0 Å². The number of ether oxygens (including phenoxy) is 4. The molecule has 1 N–H and O–H groups in total. The summed E-state index contributed by atoms with van der Waals surface area (Å²) in [6, 6.07) is 0. The molecule has 1 saturated heterocycles. The molecule has 1 aromatic rings. The molecule has 0 aliphatic carbocycles. The zero-order valence-electron chi connectivity index (χ0n) is 13.3. The van der Waals surface area contributed by atoms with E-state index in [4.69, 9.17) is 31.2 Å². The van der Waals surface area contributed by atoms with Crippen LogP contribution in [0.5, 0.6) is 0 Å². The summed E-state index contributed by atoms with van der Waals surface area (Å²) in [5.41, 5.74) is 0. The highest BCUT2D eigenvalue weighted by Gasteiger charge is 2.51. The van der Waals surface area contributed by atoms with Gasteiger partial charge in [-0.1, -0.05) is 0 Å². The van der Waals surface area contributed by atoms with E-state index in [0.717, 1.165) is 0 Å². The number of carbonyl (C=O) groups excluding carboxylic acids is 3. The lowest BCUT2D eigenvalue weighted by atomic mass is 10.1. The lowest BCUT2D eigenvalue weighted by molar-refractivity contribution is -0.166. The van der Waals surface area contributed by atoms with Gasteiger partial charge in [-0.25, -0.2) is 9.67 Å². The predicted molar refractivity (Wildman–Crippen MR) is 79.1 cm³/mol. The highest BCUT2D eigenvalue weighted by molar-refractivity contribution is 7.71. The molecule has 0 bridgehead atoms. The fraction of sp³-hybridized carbons (Fsp3) is 0.615. The Morgan fingerprint density at radius 3 is 2.33 bits per heavy atom. The Balaban J connectivity index is 2.33. The molecule has 0 saturated carbocycles. The van der Waals surface area contributed by atoms with Crippen molar-refractivity contribution in [1.82, 2.24) is 14.8 Å². The van der Waals surface area contributed by atoms with Crippen LogP contribution >= 0.6 is 12.2 Å². The third kappa shape index (κ3) is 4.17. The summed E-state index contributed by atoms with van der Waals surface area (Å²) in [7, 11) is 0. The first-order valence-electron chi connectivity index (χ1n) is 7.04. The van der Waals surface area contributed by atoms with Crippen molar-refractivity contribution in [3.8, 4) is 0 Å². The second-order valence-corrected chi connectivity index (χ2v) is 5.42. The van der Waals surface area contributed by atoms with Gasteiger partial charge in [-0.15, -0.1) is 0 Å². The van der Waals surface area contributed by atoms with Crippen LogP contribution in [0.15, 0.2) is 6.33 Å². The number of rotatable bonds is 5. The third-order valence-corrected chi connectivity index (χ3v) is 3.47. The van der Waals surface area contributed by atoms with Gasteiger partial charge in [-0.3, -0.25) is 19.5 Å². The zero-order valence-corrected chi connectivity index (χ0v) is 14.1. The molecule has 2 heterocycles. The molecule has 1 aliphatic rings. The van der Waals surface area contributed by atoms with Gasteiger partial charge in [0.15, 0.2) is 18.4 Å². The molecule has 1 aliphatic heterocycles. The second-order valence-electron chi connectivity index (χ2n) is 5.06. The standard InChI is InChI=1S/C13H17N3O7S/c1-6(17)20-4-9-10(21-7(2)18)11(22-8(3)19)12(23-9)16-13(24)14-5-15-16/h5,9-12H,4H2,1-3H3,(H,14,15,24)/t9-,10-,11-,12-/m1/s1. The number of hydrogen-bond acceptors (Lipinski definition) is 9. The van der Waals surface area contributed by atoms with E-state index < -0.39 is 42.4 Å². The quantitative estimate of drug-likeness (QED) is 0.448. The first-order valence-corrected chi connectivity index (χ1v) is 7.45. The summed E-state index contributed by atoms with van der Waals surface area (Å²) >= 11 is 5.07. The van der Waals surface area contributed by atoms with Crippen molar-refractivity contribution in [1.29, 1.82) is 0 Å². The van der Waals surface area contributed by atoms with Gasteiger partial charge in [0.05, 0.1) is 0 Å². The summed E-state index contributed by atoms with van der Waals surface area (Å²) < 4.78 is 22.7. The lowest BCUT2D eigenvalue weighted by Gasteiger charge is -2.23. The SMILES string of the molecule is CC(=O)OC[C@H]1O[C@@H](n2[nH]cnc2=S)[C@H](OC(C)=O)[C@@H]1OC(C)=O. The van der Waals surface area contributed by atoms with Crippen molar-refractivity contribution in [3.05, 3.63) is 11.1 Å². The van der Waals surface area contributed by atoms with Gasteiger partial charge in [0.1, 0.15) is 19.0 Å². The van der Waals surface area contributed by atoms with E-state index in [9.17, 15) is 14.4 Å². The van der Waals surface area contributed by atoms with Crippen molar-refractivity contribution >= 4 is 30.1 Å². The molecule has 11 heteroatoms. The minimum absolute atomic E-state index is 0.159. The number of carbonyl (C=O) groups is 3.